The molecule has 0 saturated carbocycles. The summed E-state index contributed by atoms with van der Waals surface area (Å²) in [5.74, 6) is 1.25. The molecule has 1 atom stereocenters. The maximum atomic E-state index is 5.75. The fraction of sp³-hybridized carbons (Fsp3) is 0.500. The van der Waals surface area contributed by atoms with Crippen molar-refractivity contribution >= 4 is 27.5 Å². The molecule has 0 N–H and O–H groups in total. The second-order valence-electron chi connectivity index (χ2n) is 3.84. The van der Waals surface area contributed by atoms with E-state index in [4.69, 9.17) is 11.6 Å². The summed E-state index contributed by atoms with van der Waals surface area (Å²) in [5, 5.41) is 0. The fourth-order valence-electron chi connectivity index (χ4n) is 1.50. The summed E-state index contributed by atoms with van der Waals surface area (Å²) in [6.45, 7) is 6.51. The lowest BCUT2D eigenvalue weighted by molar-refractivity contribution is 0.733. The third-order valence-corrected chi connectivity index (χ3v) is 3.59. The molecule has 14 heavy (non-hydrogen) atoms. The van der Waals surface area contributed by atoms with Crippen molar-refractivity contribution in [2.45, 2.75) is 33.1 Å². The molecule has 0 fully saturated rings. The summed E-state index contributed by atoms with van der Waals surface area (Å²) < 4.78 is 1.21. The van der Waals surface area contributed by atoms with E-state index in [0.29, 0.717) is 5.92 Å². The minimum absolute atomic E-state index is 0.529. The van der Waals surface area contributed by atoms with Gasteiger partial charge in [-0.15, -0.1) is 11.6 Å². The molecule has 0 amide bonds. The molecule has 0 aromatic heterocycles. The SMILES string of the molecule is Cc1cc(Br)c(C(C)CCCl)cc1C. The van der Waals surface area contributed by atoms with E-state index < -0.39 is 0 Å². The zero-order valence-electron chi connectivity index (χ0n) is 8.90. The van der Waals surface area contributed by atoms with Gasteiger partial charge in [0.1, 0.15) is 0 Å². The van der Waals surface area contributed by atoms with Gasteiger partial charge in [0.05, 0.1) is 0 Å². The molecule has 1 aromatic carbocycles. The van der Waals surface area contributed by atoms with E-state index in [1.807, 2.05) is 0 Å². The average molecular weight is 276 g/mol. The van der Waals surface area contributed by atoms with Crippen LogP contribution in [0.1, 0.15) is 36.0 Å². The number of alkyl halides is 1. The van der Waals surface area contributed by atoms with E-state index in [2.05, 4.69) is 48.8 Å². The standard InChI is InChI=1S/C12H16BrCl/c1-8(4-5-14)11-6-9(2)10(3)7-12(11)13/h6-8H,4-5H2,1-3H3. The van der Waals surface area contributed by atoms with Crippen molar-refractivity contribution in [3.05, 3.63) is 33.3 Å². The van der Waals surface area contributed by atoms with Gasteiger partial charge in [-0.2, -0.15) is 0 Å². The van der Waals surface area contributed by atoms with Crippen LogP contribution in [0.25, 0.3) is 0 Å². The van der Waals surface area contributed by atoms with Gasteiger partial charge in [-0.1, -0.05) is 28.9 Å². The van der Waals surface area contributed by atoms with Gasteiger partial charge in [-0.25, -0.2) is 0 Å². The van der Waals surface area contributed by atoms with E-state index in [1.165, 1.54) is 21.2 Å². The number of hydrogen-bond donors (Lipinski definition) is 0. The fourth-order valence-corrected chi connectivity index (χ4v) is 2.68. The Hall–Kier alpha value is -0.0100. The summed E-state index contributed by atoms with van der Waals surface area (Å²) in [6, 6.07) is 4.45. The van der Waals surface area contributed by atoms with E-state index in [1.54, 1.807) is 0 Å². The third kappa shape index (κ3) is 2.74. The summed E-state index contributed by atoms with van der Waals surface area (Å²) in [6.07, 6.45) is 1.03. The first-order valence-corrected chi connectivity index (χ1v) is 6.21. The highest BCUT2D eigenvalue weighted by molar-refractivity contribution is 9.10. The lowest BCUT2D eigenvalue weighted by Crippen LogP contribution is -1.97. The molecule has 0 heterocycles. The quantitative estimate of drug-likeness (QED) is 0.695. The van der Waals surface area contributed by atoms with Crippen molar-refractivity contribution in [3.8, 4) is 0 Å². The minimum Gasteiger partial charge on any atom is -0.127 e. The number of halogens is 2. The van der Waals surface area contributed by atoms with Crippen LogP contribution in [-0.2, 0) is 0 Å². The van der Waals surface area contributed by atoms with Crippen LogP contribution in [-0.4, -0.2) is 5.88 Å². The molecule has 2 heteroatoms. The molecule has 1 unspecified atom stereocenters. The highest BCUT2D eigenvalue weighted by Gasteiger charge is 2.10. The Morgan fingerprint density at radius 3 is 2.43 bits per heavy atom. The van der Waals surface area contributed by atoms with Crippen molar-refractivity contribution in [1.82, 2.24) is 0 Å². The van der Waals surface area contributed by atoms with E-state index in [9.17, 15) is 0 Å². The van der Waals surface area contributed by atoms with Gasteiger partial charge in [0.25, 0.3) is 0 Å². The predicted octanol–water partition coefficient (Wildman–Crippen LogP) is 4.80. The van der Waals surface area contributed by atoms with Crippen molar-refractivity contribution in [2.75, 3.05) is 5.88 Å². The first-order valence-electron chi connectivity index (χ1n) is 4.89. The van der Waals surface area contributed by atoms with Crippen LogP contribution in [0.4, 0.5) is 0 Å². The van der Waals surface area contributed by atoms with Crippen LogP contribution in [0, 0.1) is 13.8 Å². The third-order valence-electron chi connectivity index (χ3n) is 2.69. The Kier molecular flexibility index (Phi) is 4.46. The van der Waals surface area contributed by atoms with Crippen LogP contribution in [0.15, 0.2) is 16.6 Å². The summed E-state index contributed by atoms with van der Waals surface area (Å²) in [7, 11) is 0. The number of benzene rings is 1. The molecule has 0 aliphatic carbocycles. The molecule has 1 rings (SSSR count). The smallest absolute Gasteiger partial charge is 0.0229 e. The van der Waals surface area contributed by atoms with E-state index >= 15 is 0 Å². The van der Waals surface area contributed by atoms with Gasteiger partial charge in [0.2, 0.25) is 0 Å². The van der Waals surface area contributed by atoms with E-state index in [-0.39, 0.29) is 0 Å². The number of hydrogen-bond acceptors (Lipinski definition) is 0. The van der Waals surface area contributed by atoms with Crippen LogP contribution in [0.5, 0.6) is 0 Å². The largest absolute Gasteiger partial charge is 0.127 e. The Morgan fingerprint density at radius 2 is 1.86 bits per heavy atom. The molecule has 0 bridgehead atoms. The zero-order valence-corrected chi connectivity index (χ0v) is 11.2. The summed E-state index contributed by atoms with van der Waals surface area (Å²) in [4.78, 5) is 0. The second-order valence-corrected chi connectivity index (χ2v) is 5.07. The van der Waals surface area contributed by atoms with Crippen molar-refractivity contribution in [3.63, 3.8) is 0 Å². The maximum absolute atomic E-state index is 5.75. The normalized spacial score (nSPS) is 12.9. The van der Waals surface area contributed by atoms with Crippen LogP contribution >= 0.6 is 27.5 Å². The Morgan fingerprint density at radius 1 is 1.29 bits per heavy atom. The molecular formula is C12H16BrCl. The second kappa shape index (κ2) is 5.18. The van der Waals surface area contributed by atoms with E-state index in [0.717, 1.165) is 12.3 Å². The van der Waals surface area contributed by atoms with Gasteiger partial charge in [-0.05, 0) is 48.9 Å². The minimum atomic E-state index is 0.529. The first kappa shape index (κ1) is 12.1. The highest BCUT2D eigenvalue weighted by atomic mass is 79.9. The lowest BCUT2D eigenvalue weighted by atomic mass is 9.95. The van der Waals surface area contributed by atoms with Gasteiger partial charge in [0, 0.05) is 10.4 Å². The number of rotatable bonds is 3. The lowest BCUT2D eigenvalue weighted by Gasteiger charge is -2.14. The molecule has 0 aliphatic heterocycles. The average Bonchev–Trinajstić information content (AvgIpc) is 2.11. The predicted molar refractivity (Wildman–Crippen MR) is 67.4 cm³/mol. The first-order chi connectivity index (χ1) is 6.56. The van der Waals surface area contributed by atoms with Gasteiger partial charge in [0.15, 0.2) is 0 Å². The topological polar surface area (TPSA) is 0 Å². The Bertz CT molecular complexity index is 320. The van der Waals surface area contributed by atoms with Crippen molar-refractivity contribution in [1.29, 1.82) is 0 Å². The van der Waals surface area contributed by atoms with Gasteiger partial charge in [-0.3, -0.25) is 0 Å². The molecular weight excluding hydrogens is 259 g/mol. The Balaban J connectivity index is 3.02. The summed E-state index contributed by atoms with van der Waals surface area (Å²) in [5.41, 5.74) is 4.05. The van der Waals surface area contributed by atoms with Crippen LogP contribution < -0.4 is 0 Å². The molecule has 0 spiro atoms. The van der Waals surface area contributed by atoms with Crippen molar-refractivity contribution in [2.24, 2.45) is 0 Å². The van der Waals surface area contributed by atoms with Crippen LogP contribution in [0.3, 0.4) is 0 Å². The Labute approximate surface area is 99.8 Å². The number of aryl methyl sites for hydroxylation is 2. The summed E-state index contributed by atoms with van der Waals surface area (Å²) >= 11 is 9.36. The molecule has 0 aliphatic rings. The van der Waals surface area contributed by atoms with Crippen LogP contribution in [0.2, 0.25) is 0 Å². The molecule has 0 nitrogen and oxygen atoms in total. The molecule has 0 radical (unpaired) electrons. The molecule has 0 saturated heterocycles. The molecule has 78 valence electrons. The monoisotopic (exact) mass is 274 g/mol. The van der Waals surface area contributed by atoms with Crippen molar-refractivity contribution < 1.29 is 0 Å². The van der Waals surface area contributed by atoms with Gasteiger partial charge >= 0.3 is 0 Å². The zero-order chi connectivity index (χ0) is 10.7. The highest BCUT2D eigenvalue weighted by Crippen LogP contribution is 2.29. The maximum Gasteiger partial charge on any atom is 0.0229 e. The molecule has 1 aromatic rings. The van der Waals surface area contributed by atoms with Gasteiger partial charge < -0.3 is 0 Å².